The van der Waals surface area contributed by atoms with Crippen molar-refractivity contribution in [2.45, 2.75) is 11.9 Å². The minimum atomic E-state index is -0.528. The molecule has 0 spiro atoms. The van der Waals surface area contributed by atoms with Gasteiger partial charge in [0.1, 0.15) is 0 Å². The summed E-state index contributed by atoms with van der Waals surface area (Å²) in [5.74, 6) is 0.865. The molecule has 0 saturated carbocycles. The third kappa shape index (κ3) is 0.945. The first-order valence-electron chi connectivity index (χ1n) is 3.66. The summed E-state index contributed by atoms with van der Waals surface area (Å²) in [5, 5.41) is 4.90. The number of imide groups is 1. The van der Waals surface area contributed by atoms with Gasteiger partial charge < -0.3 is 5.32 Å². The van der Waals surface area contributed by atoms with E-state index in [2.05, 4.69) is 10.6 Å². The lowest BCUT2D eigenvalue weighted by Gasteiger charge is -2.38. The van der Waals surface area contributed by atoms with Gasteiger partial charge in [-0.25, -0.2) is 9.59 Å². The van der Waals surface area contributed by atoms with Gasteiger partial charge >= 0.3 is 12.1 Å². The van der Waals surface area contributed by atoms with Gasteiger partial charge in [-0.1, -0.05) is 0 Å². The van der Waals surface area contributed by atoms with Crippen LogP contribution in [-0.2, 0) is 0 Å². The van der Waals surface area contributed by atoms with Crippen LogP contribution in [0.1, 0.15) is 6.92 Å². The van der Waals surface area contributed by atoms with Crippen molar-refractivity contribution in [1.82, 2.24) is 15.5 Å². The van der Waals surface area contributed by atoms with Crippen LogP contribution in [0.2, 0.25) is 0 Å². The number of fused-ring (bicyclic) bond motifs is 1. The van der Waals surface area contributed by atoms with E-state index in [1.807, 2.05) is 6.92 Å². The van der Waals surface area contributed by atoms with Crippen LogP contribution < -0.4 is 10.6 Å². The molecule has 2 saturated heterocycles. The molecule has 2 aliphatic rings. The highest BCUT2D eigenvalue weighted by Gasteiger charge is 2.45. The van der Waals surface area contributed by atoms with Gasteiger partial charge in [-0.15, -0.1) is 11.8 Å². The highest BCUT2D eigenvalue weighted by atomic mass is 32.2. The maximum Gasteiger partial charge on any atom is 0.328 e. The summed E-state index contributed by atoms with van der Waals surface area (Å²) in [6.45, 7) is 2.52. The van der Waals surface area contributed by atoms with Crippen molar-refractivity contribution >= 4 is 23.8 Å². The number of thioether (sulfide) groups is 1. The summed E-state index contributed by atoms with van der Waals surface area (Å²) in [5.41, 5.74) is 0. The minimum Gasteiger partial charge on any atom is -0.306 e. The lowest BCUT2D eigenvalue weighted by molar-refractivity contribution is 0.148. The van der Waals surface area contributed by atoms with Crippen molar-refractivity contribution in [1.29, 1.82) is 0 Å². The summed E-state index contributed by atoms with van der Waals surface area (Å²) < 4.78 is 0. The Bertz CT molecular complexity index is 257. The third-order valence-electron chi connectivity index (χ3n) is 2.02. The van der Waals surface area contributed by atoms with E-state index < -0.39 is 11.0 Å². The summed E-state index contributed by atoms with van der Waals surface area (Å²) in [7, 11) is 0. The highest BCUT2D eigenvalue weighted by molar-refractivity contribution is 8.00. The second kappa shape index (κ2) is 2.29. The molecule has 1 unspecified atom stereocenters. The molecule has 5 nitrogen and oxygen atoms in total. The predicted molar refractivity (Wildman–Crippen MR) is 44.6 cm³/mol. The van der Waals surface area contributed by atoms with Crippen molar-refractivity contribution in [2.24, 2.45) is 0 Å². The van der Waals surface area contributed by atoms with Gasteiger partial charge in [0.05, 0.1) is 0 Å². The fraction of sp³-hybridized carbons (Fsp3) is 0.667. The van der Waals surface area contributed by atoms with E-state index in [-0.39, 0.29) is 6.03 Å². The molecule has 4 amide bonds. The Hall–Kier alpha value is -0.910. The number of hydrogen-bond donors (Lipinski definition) is 2. The minimum absolute atomic E-state index is 0.300. The number of carbonyl (C=O) groups is 2. The van der Waals surface area contributed by atoms with Gasteiger partial charge in [0.15, 0.2) is 4.99 Å². The number of carbonyl (C=O) groups excluding carboxylic acids is 2. The van der Waals surface area contributed by atoms with Gasteiger partial charge in [-0.3, -0.25) is 10.2 Å². The second-order valence-corrected chi connectivity index (χ2v) is 4.36. The maximum atomic E-state index is 11.2. The molecule has 2 aliphatic heterocycles. The molecule has 0 aliphatic carbocycles. The summed E-state index contributed by atoms with van der Waals surface area (Å²) in [6, 6.07) is -0.709. The fourth-order valence-electron chi connectivity index (χ4n) is 1.43. The van der Waals surface area contributed by atoms with Gasteiger partial charge in [0.2, 0.25) is 0 Å². The molecule has 2 N–H and O–H groups in total. The lowest BCUT2D eigenvalue weighted by Crippen LogP contribution is -2.66. The molecule has 2 rings (SSSR count). The molecule has 6 heteroatoms. The number of urea groups is 2. The Kier molecular flexibility index (Phi) is 1.47. The van der Waals surface area contributed by atoms with Gasteiger partial charge in [0, 0.05) is 12.3 Å². The van der Waals surface area contributed by atoms with Crippen molar-refractivity contribution in [2.75, 3.05) is 12.3 Å². The first-order valence-corrected chi connectivity index (χ1v) is 4.65. The molecule has 0 radical (unpaired) electrons. The SMILES string of the molecule is CC12NC(=O)NC(=O)N1CCS2. The van der Waals surface area contributed by atoms with Crippen LogP contribution in [0.15, 0.2) is 0 Å². The molecule has 0 bridgehead atoms. The number of nitrogens with one attached hydrogen (secondary N) is 2. The molecule has 12 heavy (non-hydrogen) atoms. The molecule has 66 valence electrons. The van der Waals surface area contributed by atoms with Crippen molar-refractivity contribution < 1.29 is 9.59 Å². The molecular formula is C6H9N3O2S. The Labute approximate surface area is 73.9 Å². The smallest absolute Gasteiger partial charge is 0.306 e. The first-order chi connectivity index (χ1) is 5.62. The van der Waals surface area contributed by atoms with E-state index in [4.69, 9.17) is 0 Å². The predicted octanol–water partition coefficient (Wildman–Crippen LogP) is 0.142. The third-order valence-corrected chi connectivity index (χ3v) is 3.30. The molecule has 0 aromatic carbocycles. The number of hydrogen-bond acceptors (Lipinski definition) is 3. The number of rotatable bonds is 0. The van der Waals surface area contributed by atoms with Gasteiger partial charge in [0.25, 0.3) is 0 Å². The first kappa shape index (κ1) is 7.72. The van der Waals surface area contributed by atoms with Crippen molar-refractivity contribution in [3.8, 4) is 0 Å². The monoisotopic (exact) mass is 187 g/mol. The summed E-state index contributed by atoms with van der Waals surface area (Å²) >= 11 is 1.57. The van der Waals surface area contributed by atoms with E-state index in [1.165, 1.54) is 0 Å². The lowest BCUT2D eigenvalue weighted by atomic mass is 10.4. The van der Waals surface area contributed by atoms with Crippen LogP contribution in [0.5, 0.6) is 0 Å². The van der Waals surface area contributed by atoms with E-state index in [0.717, 1.165) is 5.75 Å². The number of nitrogens with zero attached hydrogens (tertiary/aromatic N) is 1. The molecular weight excluding hydrogens is 178 g/mol. The maximum absolute atomic E-state index is 11.2. The fourth-order valence-corrected chi connectivity index (χ4v) is 2.60. The summed E-state index contributed by atoms with van der Waals surface area (Å²) in [4.78, 5) is 23.3. The topological polar surface area (TPSA) is 61.4 Å². The number of amides is 4. The van der Waals surface area contributed by atoms with Crippen LogP contribution in [-0.4, -0.2) is 34.3 Å². The average Bonchev–Trinajstić information content (AvgIpc) is 2.29. The Morgan fingerprint density at radius 2 is 2.33 bits per heavy atom. The van der Waals surface area contributed by atoms with Crippen molar-refractivity contribution in [3.05, 3.63) is 0 Å². The molecule has 2 fully saturated rings. The Morgan fingerprint density at radius 3 is 3.08 bits per heavy atom. The molecule has 2 heterocycles. The highest BCUT2D eigenvalue weighted by Crippen LogP contribution is 2.34. The van der Waals surface area contributed by atoms with Crippen LogP contribution in [0.3, 0.4) is 0 Å². The van der Waals surface area contributed by atoms with Crippen LogP contribution in [0.25, 0.3) is 0 Å². The second-order valence-electron chi connectivity index (χ2n) is 2.87. The van der Waals surface area contributed by atoms with Crippen LogP contribution in [0, 0.1) is 0 Å². The standard InChI is InChI=1S/C6H9N3O2S/c1-6-8-4(10)7-5(11)9(6)2-3-12-6/h2-3H2,1H3,(H2,7,8,10,11). The zero-order valence-electron chi connectivity index (χ0n) is 6.59. The van der Waals surface area contributed by atoms with Crippen molar-refractivity contribution in [3.63, 3.8) is 0 Å². The largest absolute Gasteiger partial charge is 0.328 e. The van der Waals surface area contributed by atoms with E-state index >= 15 is 0 Å². The van der Waals surface area contributed by atoms with Gasteiger partial charge in [-0.05, 0) is 6.92 Å². The van der Waals surface area contributed by atoms with E-state index in [0.29, 0.717) is 6.54 Å². The zero-order chi connectivity index (χ0) is 8.77. The van der Waals surface area contributed by atoms with Crippen LogP contribution in [0.4, 0.5) is 9.59 Å². The Morgan fingerprint density at radius 1 is 1.58 bits per heavy atom. The normalized spacial score (nSPS) is 34.2. The Balaban J connectivity index is 2.28. The van der Waals surface area contributed by atoms with Gasteiger partial charge in [-0.2, -0.15) is 0 Å². The summed E-state index contributed by atoms with van der Waals surface area (Å²) in [6.07, 6.45) is 0. The zero-order valence-corrected chi connectivity index (χ0v) is 7.40. The molecule has 0 aromatic heterocycles. The quantitative estimate of drug-likeness (QED) is 0.567. The van der Waals surface area contributed by atoms with E-state index in [1.54, 1.807) is 16.7 Å². The molecule has 1 atom stereocenters. The van der Waals surface area contributed by atoms with Crippen LogP contribution >= 0.6 is 11.8 Å². The average molecular weight is 187 g/mol. The molecule has 0 aromatic rings. The van der Waals surface area contributed by atoms with E-state index in [9.17, 15) is 9.59 Å².